The minimum Gasteiger partial charge on any atom is -0.459 e. The number of carbonyl (C=O) groups is 4. The molecular weight excluding hydrogens is 478 g/mol. The van der Waals surface area contributed by atoms with E-state index in [-0.39, 0.29) is 49.1 Å². The monoisotopic (exact) mass is 521 g/mol. The van der Waals surface area contributed by atoms with Crippen LogP contribution in [-0.4, -0.2) is 42.1 Å². The first kappa shape index (κ1) is 32.1. The van der Waals surface area contributed by atoms with Gasteiger partial charge in [-0.2, -0.15) is 0 Å². The third-order valence-electron chi connectivity index (χ3n) is 5.54. The summed E-state index contributed by atoms with van der Waals surface area (Å²) in [7, 11) is 0. The number of carbonyl (C=O) groups excluding carboxylic acids is 4. The lowest BCUT2D eigenvalue weighted by Gasteiger charge is -2.23. The molecule has 9 nitrogen and oxygen atoms in total. The van der Waals surface area contributed by atoms with Crippen molar-refractivity contribution in [3.05, 3.63) is 23.8 Å². The molecule has 0 fully saturated rings. The lowest BCUT2D eigenvalue weighted by Crippen LogP contribution is -2.39. The minimum absolute atomic E-state index is 0.0939. The summed E-state index contributed by atoms with van der Waals surface area (Å²) >= 11 is 0. The molecule has 3 atom stereocenters. The molecule has 0 amide bonds. The zero-order valence-electron chi connectivity index (χ0n) is 23.0. The first-order chi connectivity index (χ1) is 17.5. The molecule has 0 spiro atoms. The van der Waals surface area contributed by atoms with Crippen LogP contribution in [0, 0.1) is 5.92 Å². The zero-order valence-corrected chi connectivity index (χ0v) is 23.0. The van der Waals surface area contributed by atoms with Gasteiger partial charge in [0.1, 0.15) is 18.2 Å². The average Bonchev–Trinajstić information content (AvgIpc) is 2.82. The summed E-state index contributed by atoms with van der Waals surface area (Å²) in [4.78, 5) is 48.8. The zero-order chi connectivity index (χ0) is 28.0. The van der Waals surface area contributed by atoms with E-state index in [1.54, 1.807) is 26.0 Å². The second kappa shape index (κ2) is 16.7. The Labute approximate surface area is 220 Å². The molecule has 208 valence electrons. The summed E-state index contributed by atoms with van der Waals surface area (Å²) in [6.45, 7) is 11.0. The Bertz CT molecular complexity index is 898. The van der Waals surface area contributed by atoms with Gasteiger partial charge >= 0.3 is 23.9 Å². The molecule has 9 heteroatoms. The first-order valence-electron chi connectivity index (χ1n) is 13.2. The van der Waals surface area contributed by atoms with Gasteiger partial charge in [0, 0.05) is 19.3 Å². The summed E-state index contributed by atoms with van der Waals surface area (Å²) < 4.78 is 21.6. The molecular formula is C28H43NO8. The standard InChI is InChI=1S/C28H43NO8/c1-7-9-11-25(30)36-23-14-13-21(17-24(23)37-26(31)12-10-8-2)16-22(29)28(33)35-20(6)19(5)34-27(32)15-18(3)4/h13-14,17-20,22H,7-12,15-16,29H2,1-6H3/t19?,20-,22-/m0/s1. The first-order valence-corrected chi connectivity index (χ1v) is 13.2. The Hall–Kier alpha value is -2.94. The molecule has 37 heavy (non-hydrogen) atoms. The van der Waals surface area contributed by atoms with Gasteiger partial charge in [-0.3, -0.25) is 19.2 Å². The molecule has 0 aliphatic carbocycles. The second-order valence-corrected chi connectivity index (χ2v) is 9.68. The molecule has 0 aliphatic rings. The van der Waals surface area contributed by atoms with Crippen molar-refractivity contribution in [2.75, 3.05) is 0 Å². The minimum atomic E-state index is -1.01. The lowest BCUT2D eigenvalue weighted by atomic mass is 10.1. The molecule has 0 saturated heterocycles. The summed E-state index contributed by atoms with van der Waals surface area (Å²) in [6.07, 6.45) is 2.58. The van der Waals surface area contributed by atoms with Crippen LogP contribution in [0.5, 0.6) is 11.5 Å². The third-order valence-corrected chi connectivity index (χ3v) is 5.54. The van der Waals surface area contributed by atoms with Crippen LogP contribution in [0.2, 0.25) is 0 Å². The Balaban J connectivity index is 2.87. The van der Waals surface area contributed by atoms with Gasteiger partial charge < -0.3 is 24.7 Å². The average molecular weight is 522 g/mol. The fourth-order valence-electron chi connectivity index (χ4n) is 3.22. The van der Waals surface area contributed by atoms with Crippen LogP contribution in [0.15, 0.2) is 18.2 Å². The second-order valence-electron chi connectivity index (χ2n) is 9.68. The van der Waals surface area contributed by atoms with Crippen LogP contribution in [0.25, 0.3) is 0 Å². The smallest absolute Gasteiger partial charge is 0.323 e. The Morgan fingerprint density at radius 1 is 0.784 bits per heavy atom. The van der Waals surface area contributed by atoms with E-state index in [4.69, 9.17) is 24.7 Å². The maximum atomic E-state index is 12.6. The predicted molar refractivity (Wildman–Crippen MR) is 139 cm³/mol. The number of nitrogens with two attached hydrogens (primary N) is 1. The van der Waals surface area contributed by atoms with E-state index in [1.165, 1.54) is 6.07 Å². The lowest BCUT2D eigenvalue weighted by molar-refractivity contribution is -0.166. The fourth-order valence-corrected chi connectivity index (χ4v) is 3.22. The molecule has 0 aliphatic heterocycles. The maximum absolute atomic E-state index is 12.6. The highest BCUT2D eigenvalue weighted by atomic mass is 16.6. The highest BCUT2D eigenvalue weighted by molar-refractivity contribution is 5.77. The van der Waals surface area contributed by atoms with Crippen LogP contribution in [0.4, 0.5) is 0 Å². The van der Waals surface area contributed by atoms with Gasteiger partial charge in [0.15, 0.2) is 11.5 Å². The Morgan fingerprint density at radius 2 is 1.32 bits per heavy atom. The van der Waals surface area contributed by atoms with Crippen LogP contribution in [0.1, 0.15) is 92.1 Å². The number of ether oxygens (including phenoxy) is 4. The topological polar surface area (TPSA) is 131 Å². The molecule has 0 radical (unpaired) electrons. The summed E-state index contributed by atoms with van der Waals surface area (Å²) in [6, 6.07) is 3.71. The van der Waals surface area contributed by atoms with Gasteiger partial charge in [-0.25, -0.2) is 0 Å². The Kier molecular flexibility index (Phi) is 14.5. The number of benzene rings is 1. The number of hydrogen-bond donors (Lipinski definition) is 1. The molecule has 0 heterocycles. The van der Waals surface area contributed by atoms with Crippen molar-refractivity contribution < 1.29 is 38.1 Å². The number of rotatable bonds is 16. The molecule has 1 unspecified atom stereocenters. The molecule has 1 aromatic rings. The van der Waals surface area contributed by atoms with E-state index in [0.29, 0.717) is 18.4 Å². The van der Waals surface area contributed by atoms with Crippen molar-refractivity contribution in [1.82, 2.24) is 0 Å². The summed E-state index contributed by atoms with van der Waals surface area (Å²) in [5.41, 5.74) is 6.68. The number of unbranched alkanes of at least 4 members (excludes halogenated alkanes) is 2. The molecule has 1 rings (SSSR count). The van der Waals surface area contributed by atoms with Gasteiger partial charge in [-0.15, -0.1) is 0 Å². The largest absolute Gasteiger partial charge is 0.459 e. The fraction of sp³-hybridized carbons (Fsp3) is 0.643. The van der Waals surface area contributed by atoms with Gasteiger partial charge in [0.05, 0.1) is 0 Å². The van der Waals surface area contributed by atoms with Gasteiger partial charge in [-0.1, -0.05) is 46.6 Å². The highest BCUT2D eigenvalue weighted by Gasteiger charge is 2.25. The van der Waals surface area contributed by atoms with E-state index in [9.17, 15) is 19.2 Å². The number of hydrogen-bond acceptors (Lipinski definition) is 9. The molecule has 0 saturated carbocycles. The summed E-state index contributed by atoms with van der Waals surface area (Å²) in [5, 5.41) is 0. The van der Waals surface area contributed by atoms with Crippen molar-refractivity contribution in [1.29, 1.82) is 0 Å². The SMILES string of the molecule is CCCCC(=O)Oc1ccc(C[C@H](N)C(=O)O[C@@H](C)C(C)OC(=O)CC(C)C)cc1OC(=O)CCCC. The van der Waals surface area contributed by atoms with E-state index >= 15 is 0 Å². The molecule has 0 bridgehead atoms. The quantitative estimate of drug-likeness (QED) is 0.244. The predicted octanol–water partition coefficient (Wildman–Crippen LogP) is 4.66. The van der Waals surface area contributed by atoms with Crippen LogP contribution >= 0.6 is 0 Å². The number of esters is 4. The van der Waals surface area contributed by atoms with Crippen molar-refractivity contribution in [3.63, 3.8) is 0 Å². The van der Waals surface area contributed by atoms with Crippen molar-refractivity contribution in [2.24, 2.45) is 11.7 Å². The van der Waals surface area contributed by atoms with Gasteiger partial charge in [0.25, 0.3) is 0 Å². The van der Waals surface area contributed by atoms with E-state index in [0.717, 1.165) is 12.8 Å². The van der Waals surface area contributed by atoms with E-state index < -0.39 is 36.2 Å². The van der Waals surface area contributed by atoms with Crippen LogP contribution in [0.3, 0.4) is 0 Å². The normalized spacial score (nSPS) is 13.4. The maximum Gasteiger partial charge on any atom is 0.323 e. The van der Waals surface area contributed by atoms with Gasteiger partial charge in [0.2, 0.25) is 0 Å². The van der Waals surface area contributed by atoms with Crippen molar-refractivity contribution >= 4 is 23.9 Å². The van der Waals surface area contributed by atoms with E-state index in [2.05, 4.69) is 0 Å². The highest BCUT2D eigenvalue weighted by Crippen LogP contribution is 2.30. The van der Waals surface area contributed by atoms with Crippen LogP contribution < -0.4 is 15.2 Å². The van der Waals surface area contributed by atoms with Crippen molar-refractivity contribution in [3.8, 4) is 11.5 Å². The van der Waals surface area contributed by atoms with E-state index in [1.807, 2.05) is 27.7 Å². The van der Waals surface area contributed by atoms with Gasteiger partial charge in [-0.05, 0) is 56.7 Å². The van der Waals surface area contributed by atoms with Crippen molar-refractivity contribution in [2.45, 2.75) is 111 Å². The molecule has 1 aromatic carbocycles. The molecule has 0 aromatic heterocycles. The molecule has 2 N–H and O–H groups in total. The van der Waals surface area contributed by atoms with Crippen LogP contribution in [-0.2, 0) is 35.1 Å². The third kappa shape index (κ3) is 12.7. The Morgan fingerprint density at radius 3 is 1.86 bits per heavy atom. The summed E-state index contributed by atoms with van der Waals surface area (Å²) in [5.74, 6) is -1.48.